The van der Waals surface area contributed by atoms with Crippen LogP contribution >= 0.6 is 0 Å². The van der Waals surface area contributed by atoms with E-state index in [1.165, 1.54) is 28.3 Å². The molecular weight excluding hydrogens is 401 g/mol. The standard InChI is InChI=1S/C22H28AsNO3/c1-3-14-7-17-9-19(10-18(17)8-15(14)4-2)23-12-22(27)16-5-6-21(26)20(11-16)24-13-25/h5-8,11,13,19,22-23,26-27H,3-4,9-10,12H2,1-2H3,(H,24,25)/t22-/m0/s1. The molecule has 3 N–H and O–H groups in total. The van der Waals surface area contributed by atoms with E-state index < -0.39 is 6.10 Å². The molecule has 2 atom stereocenters. The van der Waals surface area contributed by atoms with Crippen LogP contribution in [0.1, 0.15) is 47.8 Å². The van der Waals surface area contributed by atoms with Crippen molar-refractivity contribution in [1.29, 1.82) is 0 Å². The van der Waals surface area contributed by atoms with Crippen molar-refractivity contribution in [2.45, 2.75) is 55.5 Å². The Morgan fingerprint density at radius 1 is 1.15 bits per heavy atom. The second-order valence-electron chi connectivity index (χ2n) is 7.16. The average molecular weight is 429 g/mol. The maximum atomic E-state index is 10.6. The van der Waals surface area contributed by atoms with E-state index in [9.17, 15) is 15.0 Å². The zero-order valence-corrected chi connectivity index (χ0v) is 18.1. The van der Waals surface area contributed by atoms with Gasteiger partial charge in [0.25, 0.3) is 0 Å². The van der Waals surface area contributed by atoms with Crippen LogP contribution in [0, 0.1) is 0 Å². The van der Waals surface area contributed by atoms with E-state index in [1.54, 1.807) is 12.1 Å². The summed E-state index contributed by atoms with van der Waals surface area (Å²) in [5, 5.41) is 23.6. The third kappa shape index (κ3) is 4.56. The van der Waals surface area contributed by atoms with E-state index in [4.69, 9.17) is 0 Å². The van der Waals surface area contributed by atoms with Crippen molar-refractivity contribution < 1.29 is 15.0 Å². The first kappa shape index (κ1) is 20.0. The fraction of sp³-hybridized carbons (Fsp3) is 0.409. The predicted molar refractivity (Wildman–Crippen MR) is 111 cm³/mol. The number of benzene rings is 2. The number of amides is 1. The Hall–Kier alpha value is -1.77. The van der Waals surface area contributed by atoms with E-state index in [1.807, 2.05) is 0 Å². The average Bonchev–Trinajstić information content (AvgIpc) is 3.08. The summed E-state index contributed by atoms with van der Waals surface area (Å²) < 4.78 is 0.691. The quantitative estimate of drug-likeness (QED) is 0.342. The molecule has 0 spiro atoms. The summed E-state index contributed by atoms with van der Waals surface area (Å²) in [5.41, 5.74) is 7.07. The molecule has 4 nitrogen and oxygen atoms in total. The number of hydrogen-bond acceptors (Lipinski definition) is 3. The van der Waals surface area contributed by atoms with Crippen LogP contribution in [0.3, 0.4) is 0 Å². The van der Waals surface area contributed by atoms with Gasteiger partial charge >= 0.3 is 168 Å². The number of phenolic OH excluding ortho intramolecular Hbond substituents is 1. The number of fused-ring (bicyclic) bond motifs is 1. The molecule has 2 aromatic carbocycles. The number of aryl methyl sites for hydroxylation is 2. The number of anilines is 1. The number of nitrogens with one attached hydrogen (secondary N) is 1. The molecule has 1 unspecified atom stereocenters. The van der Waals surface area contributed by atoms with Crippen LogP contribution in [0.25, 0.3) is 0 Å². The Morgan fingerprint density at radius 2 is 1.78 bits per heavy atom. The molecule has 0 heterocycles. The minimum absolute atomic E-state index is 0.0127. The van der Waals surface area contributed by atoms with Crippen LogP contribution in [0.2, 0.25) is 9.91 Å². The molecule has 0 aromatic heterocycles. The van der Waals surface area contributed by atoms with E-state index >= 15 is 0 Å². The number of carbonyl (C=O) groups is 1. The Labute approximate surface area is 167 Å². The monoisotopic (exact) mass is 429 g/mol. The van der Waals surface area contributed by atoms with E-state index in [2.05, 4.69) is 31.3 Å². The molecule has 0 fully saturated rings. The van der Waals surface area contributed by atoms with Crippen molar-refractivity contribution in [2.24, 2.45) is 0 Å². The second kappa shape index (κ2) is 8.95. The van der Waals surface area contributed by atoms with Crippen molar-refractivity contribution >= 4 is 27.8 Å². The van der Waals surface area contributed by atoms with E-state index in [0.29, 0.717) is 16.8 Å². The SMILES string of the molecule is CCc1cc2c(cc1CC)CC([AsH]C[C@H](O)c1ccc(O)c(NC=O)c1)C2. The first-order valence-corrected chi connectivity index (χ1v) is 12.3. The van der Waals surface area contributed by atoms with E-state index in [-0.39, 0.29) is 21.5 Å². The van der Waals surface area contributed by atoms with Gasteiger partial charge in [-0.3, -0.25) is 0 Å². The normalized spacial score (nSPS) is 15.2. The van der Waals surface area contributed by atoms with Crippen molar-refractivity contribution in [3.05, 3.63) is 58.1 Å². The molecule has 1 aliphatic rings. The van der Waals surface area contributed by atoms with Gasteiger partial charge in [0.15, 0.2) is 0 Å². The van der Waals surface area contributed by atoms with Crippen LogP contribution in [0.15, 0.2) is 30.3 Å². The second-order valence-corrected chi connectivity index (χ2v) is 10.6. The summed E-state index contributed by atoms with van der Waals surface area (Å²) in [7, 11) is 0. The molecule has 144 valence electrons. The van der Waals surface area contributed by atoms with E-state index in [0.717, 1.165) is 36.5 Å². The van der Waals surface area contributed by atoms with Crippen LogP contribution < -0.4 is 5.32 Å². The molecule has 0 saturated heterocycles. The van der Waals surface area contributed by atoms with Crippen molar-refractivity contribution in [2.75, 3.05) is 5.32 Å². The first-order valence-electron chi connectivity index (χ1n) is 9.63. The number of rotatable bonds is 8. The zero-order valence-electron chi connectivity index (χ0n) is 16.0. The number of carbonyl (C=O) groups excluding carboxylic acids is 1. The van der Waals surface area contributed by atoms with Crippen LogP contribution in [-0.2, 0) is 30.5 Å². The van der Waals surface area contributed by atoms with Crippen LogP contribution in [0.4, 0.5) is 5.69 Å². The molecule has 2 aromatic rings. The molecule has 0 radical (unpaired) electrons. The predicted octanol–water partition coefficient (Wildman–Crippen LogP) is 3.56. The summed E-state index contributed by atoms with van der Waals surface area (Å²) in [4.78, 5) is 10.6. The number of phenols is 1. The summed E-state index contributed by atoms with van der Waals surface area (Å²) >= 11 is -0.301. The number of aliphatic hydroxyl groups excluding tert-OH is 1. The van der Waals surface area contributed by atoms with Gasteiger partial charge in [-0.15, -0.1) is 0 Å². The molecular formula is C22H28AsNO3. The van der Waals surface area contributed by atoms with Gasteiger partial charge in [-0.05, 0) is 0 Å². The molecule has 1 amide bonds. The number of aromatic hydroxyl groups is 1. The topological polar surface area (TPSA) is 69.6 Å². The number of aliphatic hydroxyl groups is 1. The van der Waals surface area contributed by atoms with Gasteiger partial charge in [0.1, 0.15) is 0 Å². The summed E-state index contributed by atoms with van der Waals surface area (Å²) in [6.07, 6.45) is 4.46. The number of hydrogen-bond donors (Lipinski definition) is 3. The van der Waals surface area contributed by atoms with Gasteiger partial charge in [-0.1, -0.05) is 0 Å². The molecule has 0 saturated carbocycles. The minimum atomic E-state index is -0.543. The third-order valence-electron chi connectivity index (χ3n) is 5.44. The fourth-order valence-corrected chi connectivity index (χ4v) is 7.10. The molecule has 0 aliphatic heterocycles. The first-order chi connectivity index (χ1) is 13.0. The third-order valence-corrected chi connectivity index (χ3v) is 8.81. The van der Waals surface area contributed by atoms with Gasteiger partial charge in [0.05, 0.1) is 0 Å². The summed E-state index contributed by atoms with van der Waals surface area (Å²) in [5.74, 6) is 0.0127. The van der Waals surface area contributed by atoms with Gasteiger partial charge in [0.2, 0.25) is 0 Å². The Balaban J connectivity index is 1.62. The molecule has 3 rings (SSSR count). The Kier molecular flexibility index (Phi) is 6.62. The van der Waals surface area contributed by atoms with Gasteiger partial charge < -0.3 is 0 Å². The molecule has 27 heavy (non-hydrogen) atoms. The summed E-state index contributed by atoms with van der Waals surface area (Å²) in [6, 6.07) is 9.73. The summed E-state index contributed by atoms with van der Waals surface area (Å²) in [6.45, 7) is 4.45. The Bertz CT molecular complexity index is 788. The zero-order chi connectivity index (χ0) is 19.4. The molecule has 1 aliphatic carbocycles. The van der Waals surface area contributed by atoms with Gasteiger partial charge in [0, 0.05) is 0 Å². The van der Waals surface area contributed by atoms with Gasteiger partial charge in [-0.25, -0.2) is 0 Å². The Morgan fingerprint density at radius 3 is 2.33 bits per heavy atom. The van der Waals surface area contributed by atoms with Crippen LogP contribution in [0.5, 0.6) is 5.75 Å². The maximum absolute atomic E-state index is 10.6. The molecule has 5 heteroatoms. The van der Waals surface area contributed by atoms with Crippen LogP contribution in [-0.4, -0.2) is 32.4 Å². The molecule has 0 bridgehead atoms. The van der Waals surface area contributed by atoms with Crippen molar-refractivity contribution in [3.63, 3.8) is 0 Å². The van der Waals surface area contributed by atoms with Crippen molar-refractivity contribution in [3.8, 4) is 5.75 Å². The van der Waals surface area contributed by atoms with Crippen molar-refractivity contribution in [1.82, 2.24) is 0 Å². The fourth-order valence-electron chi connectivity index (χ4n) is 3.91. The van der Waals surface area contributed by atoms with Gasteiger partial charge in [-0.2, -0.15) is 0 Å².